The average molecular weight is 476 g/mol. The number of benzene rings is 3. The van der Waals surface area contributed by atoms with Crippen molar-refractivity contribution < 1.29 is 9.21 Å². The van der Waals surface area contributed by atoms with Crippen LogP contribution in [0.3, 0.4) is 0 Å². The Balaban J connectivity index is 1.23. The van der Waals surface area contributed by atoms with Crippen LogP contribution in [0.1, 0.15) is 90.7 Å². The van der Waals surface area contributed by atoms with Gasteiger partial charge in [-0.2, -0.15) is 0 Å². The van der Waals surface area contributed by atoms with Crippen molar-refractivity contribution in [2.24, 2.45) is 0 Å². The highest BCUT2D eigenvalue weighted by Crippen LogP contribution is 2.46. The summed E-state index contributed by atoms with van der Waals surface area (Å²) in [5, 5.41) is 3.21. The number of rotatable bonds is 4. The van der Waals surface area contributed by atoms with Crippen molar-refractivity contribution in [1.29, 1.82) is 0 Å². The van der Waals surface area contributed by atoms with Crippen LogP contribution in [-0.2, 0) is 17.3 Å². The molecule has 1 aromatic heterocycles. The zero-order chi connectivity index (χ0) is 25.1. The van der Waals surface area contributed by atoms with E-state index < -0.39 is 0 Å². The number of hydrogen-bond donors (Lipinski definition) is 1. The summed E-state index contributed by atoms with van der Waals surface area (Å²) < 4.78 is 6.06. The zero-order valence-corrected chi connectivity index (χ0v) is 21.5. The van der Waals surface area contributed by atoms with Gasteiger partial charge in [-0.1, -0.05) is 94.4 Å². The molecule has 0 atom stereocenters. The maximum absolute atomic E-state index is 13.2. The smallest absolute Gasteiger partial charge is 0.287 e. The third-order valence-electron chi connectivity index (χ3n) is 8.29. The SMILES string of the molecule is CC1(C)CCC(C)(C)c2cc(Cc3ccc(C(=O)NC4c5ccccc5-c5ccccc54)o3)ccc21. The molecule has 2 aliphatic rings. The highest BCUT2D eigenvalue weighted by Gasteiger charge is 2.37. The molecule has 1 heterocycles. The van der Waals surface area contributed by atoms with Gasteiger partial charge in [0.2, 0.25) is 0 Å². The molecule has 3 aromatic carbocycles. The third kappa shape index (κ3) is 3.78. The summed E-state index contributed by atoms with van der Waals surface area (Å²) in [5.74, 6) is 0.970. The van der Waals surface area contributed by atoms with E-state index in [4.69, 9.17) is 4.42 Å². The van der Waals surface area contributed by atoms with Gasteiger partial charge in [0.15, 0.2) is 5.76 Å². The van der Waals surface area contributed by atoms with Crippen LogP contribution in [0.2, 0.25) is 0 Å². The van der Waals surface area contributed by atoms with Crippen LogP contribution in [0.4, 0.5) is 0 Å². The topological polar surface area (TPSA) is 42.2 Å². The number of carbonyl (C=O) groups is 1. The van der Waals surface area contributed by atoms with E-state index >= 15 is 0 Å². The Bertz CT molecular complexity index is 1430. The van der Waals surface area contributed by atoms with E-state index in [2.05, 4.69) is 75.5 Å². The number of furan rings is 1. The first-order valence-corrected chi connectivity index (χ1v) is 12.9. The molecule has 1 N–H and O–H groups in total. The normalized spacial score (nSPS) is 17.2. The van der Waals surface area contributed by atoms with E-state index in [0.717, 1.165) is 16.9 Å². The lowest BCUT2D eigenvalue weighted by Gasteiger charge is -2.42. The summed E-state index contributed by atoms with van der Waals surface area (Å²) in [7, 11) is 0. The molecule has 0 bridgehead atoms. The average Bonchev–Trinajstić information content (AvgIpc) is 3.46. The number of carbonyl (C=O) groups excluding carboxylic acids is 1. The molecule has 1 amide bonds. The monoisotopic (exact) mass is 475 g/mol. The van der Waals surface area contributed by atoms with Crippen LogP contribution < -0.4 is 5.32 Å². The van der Waals surface area contributed by atoms with Gasteiger partial charge in [0, 0.05) is 6.42 Å². The molecule has 6 rings (SSSR count). The zero-order valence-electron chi connectivity index (χ0n) is 21.5. The molecule has 0 spiro atoms. The van der Waals surface area contributed by atoms with E-state index in [1.54, 1.807) is 6.07 Å². The lowest BCUT2D eigenvalue weighted by atomic mass is 9.63. The van der Waals surface area contributed by atoms with Crippen LogP contribution in [-0.4, -0.2) is 5.91 Å². The number of amides is 1. The third-order valence-corrected chi connectivity index (χ3v) is 8.29. The quantitative estimate of drug-likeness (QED) is 0.328. The van der Waals surface area contributed by atoms with Gasteiger partial charge < -0.3 is 9.73 Å². The van der Waals surface area contributed by atoms with Gasteiger partial charge in [-0.25, -0.2) is 0 Å². The highest BCUT2D eigenvalue weighted by molar-refractivity contribution is 5.93. The lowest BCUT2D eigenvalue weighted by Crippen LogP contribution is -2.33. The first kappa shape index (κ1) is 22.8. The minimum absolute atomic E-state index is 0.170. The number of fused-ring (bicyclic) bond motifs is 4. The van der Waals surface area contributed by atoms with E-state index in [9.17, 15) is 4.79 Å². The van der Waals surface area contributed by atoms with Gasteiger partial charge in [-0.15, -0.1) is 0 Å². The van der Waals surface area contributed by atoms with E-state index in [0.29, 0.717) is 12.2 Å². The molecule has 0 saturated heterocycles. The van der Waals surface area contributed by atoms with Gasteiger partial charge in [-0.05, 0) is 74.7 Å². The lowest BCUT2D eigenvalue weighted by molar-refractivity contribution is 0.0914. The molecule has 0 aliphatic heterocycles. The molecule has 0 saturated carbocycles. The van der Waals surface area contributed by atoms with Gasteiger partial charge in [0.25, 0.3) is 5.91 Å². The molecule has 4 aromatic rings. The van der Waals surface area contributed by atoms with Crippen molar-refractivity contribution in [3.63, 3.8) is 0 Å². The predicted octanol–water partition coefficient (Wildman–Crippen LogP) is 7.72. The summed E-state index contributed by atoms with van der Waals surface area (Å²) in [5.41, 5.74) is 9.10. The Hall–Kier alpha value is -3.59. The van der Waals surface area contributed by atoms with Gasteiger partial charge >= 0.3 is 0 Å². The van der Waals surface area contributed by atoms with Crippen LogP contribution in [0.15, 0.2) is 83.3 Å². The second-order valence-corrected chi connectivity index (χ2v) is 11.7. The first-order chi connectivity index (χ1) is 17.2. The molecule has 0 unspecified atom stereocenters. The summed E-state index contributed by atoms with van der Waals surface area (Å²) in [6.07, 6.45) is 3.07. The van der Waals surface area contributed by atoms with Crippen molar-refractivity contribution >= 4 is 5.91 Å². The summed E-state index contributed by atoms with van der Waals surface area (Å²) >= 11 is 0. The molecule has 182 valence electrons. The van der Waals surface area contributed by atoms with Crippen LogP contribution >= 0.6 is 0 Å². The summed E-state index contributed by atoms with van der Waals surface area (Å²) in [6, 6.07) is 27.0. The van der Waals surface area contributed by atoms with Gasteiger partial charge in [0.1, 0.15) is 5.76 Å². The van der Waals surface area contributed by atoms with Crippen molar-refractivity contribution in [2.75, 3.05) is 0 Å². The van der Waals surface area contributed by atoms with Gasteiger partial charge in [-0.3, -0.25) is 4.79 Å². The number of nitrogens with one attached hydrogen (secondary N) is 1. The minimum atomic E-state index is -0.189. The van der Waals surface area contributed by atoms with Gasteiger partial charge in [0.05, 0.1) is 6.04 Å². The van der Waals surface area contributed by atoms with E-state index in [-0.39, 0.29) is 22.8 Å². The van der Waals surface area contributed by atoms with Crippen molar-refractivity contribution in [2.45, 2.75) is 63.8 Å². The molecule has 3 nitrogen and oxygen atoms in total. The Morgan fingerprint density at radius 1 is 0.806 bits per heavy atom. The molecule has 36 heavy (non-hydrogen) atoms. The van der Waals surface area contributed by atoms with Crippen LogP contribution in [0.5, 0.6) is 0 Å². The molecular formula is C33H33NO2. The fraction of sp³-hybridized carbons (Fsp3) is 0.303. The predicted molar refractivity (Wildman–Crippen MR) is 144 cm³/mol. The Morgan fingerprint density at radius 2 is 1.42 bits per heavy atom. The van der Waals surface area contributed by atoms with Crippen LogP contribution in [0, 0.1) is 0 Å². The molecule has 0 fully saturated rings. The minimum Gasteiger partial charge on any atom is -0.456 e. The number of hydrogen-bond acceptors (Lipinski definition) is 2. The van der Waals surface area contributed by atoms with Crippen molar-refractivity contribution in [1.82, 2.24) is 5.32 Å². The largest absolute Gasteiger partial charge is 0.456 e. The highest BCUT2D eigenvalue weighted by atomic mass is 16.3. The Morgan fingerprint density at radius 3 is 2.08 bits per heavy atom. The molecular weight excluding hydrogens is 442 g/mol. The summed E-state index contributed by atoms with van der Waals surface area (Å²) in [6.45, 7) is 9.39. The maximum atomic E-state index is 13.2. The molecule has 3 heteroatoms. The Labute approximate surface area is 213 Å². The molecule has 0 radical (unpaired) electrons. The van der Waals surface area contributed by atoms with Crippen molar-refractivity contribution in [3.8, 4) is 11.1 Å². The maximum Gasteiger partial charge on any atom is 0.287 e. The fourth-order valence-electron chi connectivity index (χ4n) is 6.06. The Kier molecular flexibility index (Phi) is 5.22. The summed E-state index contributed by atoms with van der Waals surface area (Å²) in [4.78, 5) is 13.2. The first-order valence-electron chi connectivity index (χ1n) is 12.9. The van der Waals surface area contributed by atoms with E-state index in [1.807, 2.05) is 30.3 Å². The second-order valence-electron chi connectivity index (χ2n) is 11.7. The fourth-order valence-corrected chi connectivity index (χ4v) is 6.06. The van der Waals surface area contributed by atoms with E-state index in [1.165, 1.54) is 40.7 Å². The van der Waals surface area contributed by atoms with Crippen molar-refractivity contribution in [3.05, 3.63) is 118 Å². The standard InChI is InChI=1S/C33H33NO2/c1-32(2)17-18-33(3,4)28-20-21(13-15-27(28)32)19-22-14-16-29(36-22)31(35)34-30-25-11-7-5-9-23(25)24-10-6-8-12-26(24)30/h5-16,20,30H,17-19H2,1-4H3,(H,34,35). The second kappa shape index (κ2) is 8.23. The molecule has 2 aliphatic carbocycles. The van der Waals surface area contributed by atoms with Crippen LogP contribution in [0.25, 0.3) is 11.1 Å².